The third-order valence-corrected chi connectivity index (χ3v) is 4.22. The molecule has 0 radical (unpaired) electrons. The minimum Gasteiger partial charge on any atom is -0.348 e. The highest BCUT2D eigenvalue weighted by atomic mass is 16.1. The predicted molar refractivity (Wildman–Crippen MR) is 87.1 cm³/mol. The van der Waals surface area contributed by atoms with Crippen molar-refractivity contribution in [1.29, 1.82) is 0 Å². The lowest BCUT2D eigenvalue weighted by Crippen LogP contribution is -2.30. The number of nitrogens with zero attached hydrogens (tertiary/aromatic N) is 3. The van der Waals surface area contributed by atoms with Crippen LogP contribution in [-0.4, -0.2) is 27.4 Å². The molecule has 0 aliphatic carbocycles. The van der Waals surface area contributed by atoms with Crippen LogP contribution >= 0.6 is 0 Å². The molecule has 120 valence electrons. The van der Waals surface area contributed by atoms with E-state index in [1.54, 1.807) is 6.20 Å². The van der Waals surface area contributed by atoms with E-state index >= 15 is 0 Å². The summed E-state index contributed by atoms with van der Waals surface area (Å²) in [5.74, 6) is 0.666. The van der Waals surface area contributed by atoms with Gasteiger partial charge in [0.15, 0.2) is 0 Å². The fourth-order valence-corrected chi connectivity index (χ4v) is 3.04. The largest absolute Gasteiger partial charge is 0.348 e. The summed E-state index contributed by atoms with van der Waals surface area (Å²) in [6, 6.07) is 0. The average molecular weight is 311 g/mol. The van der Waals surface area contributed by atoms with Crippen molar-refractivity contribution < 1.29 is 4.79 Å². The highest BCUT2D eigenvalue weighted by Gasteiger charge is 2.18. The van der Waals surface area contributed by atoms with Gasteiger partial charge in [0.2, 0.25) is 0 Å². The summed E-state index contributed by atoms with van der Waals surface area (Å²) in [6.45, 7) is 7.85. The maximum atomic E-state index is 12.6. The number of hydrogen-bond acceptors (Lipinski definition) is 5. The number of aryl methyl sites for hydroxylation is 3. The van der Waals surface area contributed by atoms with Crippen molar-refractivity contribution in [3.8, 4) is 0 Å². The topological polar surface area (TPSA) is 79.8 Å². The van der Waals surface area contributed by atoms with E-state index in [1.165, 1.54) is 0 Å². The van der Waals surface area contributed by atoms with Crippen molar-refractivity contribution >= 4 is 5.91 Å². The Kier molecular flexibility index (Phi) is 4.34. The molecule has 6 heteroatoms. The summed E-state index contributed by atoms with van der Waals surface area (Å²) in [7, 11) is 0. The van der Waals surface area contributed by atoms with Crippen molar-refractivity contribution in [1.82, 2.24) is 25.6 Å². The lowest BCUT2D eigenvalue weighted by Gasteiger charge is -2.19. The first-order chi connectivity index (χ1) is 11.1. The van der Waals surface area contributed by atoms with Gasteiger partial charge in [-0.1, -0.05) is 0 Å². The zero-order valence-corrected chi connectivity index (χ0v) is 13.7. The molecule has 2 aromatic rings. The van der Waals surface area contributed by atoms with Crippen LogP contribution in [0, 0.1) is 20.8 Å². The zero-order valence-electron chi connectivity index (χ0n) is 13.7. The van der Waals surface area contributed by atoms with E-state index in [4.69, 9.17) is 0 Å². The molecule has 23 heavy (non-hydrogen) atoms. The van der Waals surface area contributed by atoms with Crippen LogP contribution in [0.2, 0.25) is 0 Å². The second-order valence-electron chi connectivity index (χ2n) is 5.85. The Labute approximate surface area is 135 Å². The molecule has 2 N–H and O–H groups in total. The molecule has 0 spiro atoms. The number of rotatable bonds is 3. The highest BCUT2D eigenvalue weighted by Crippen LogP contribution is 2.17. The maximum Gasteiger partial charge on any atom is 0.253 e. The van der Waals surface area contributed by atoms with Crippen LogP contribution in [0.3, 0.4) is 0 Å². The number of hydrogen-bond donors (Lipinski definition) is 2. The van der Waals surface area contributed by atoms with Gasteiger partial charge in [-0.25, -0.2) is 9.97 Å². The lowest BCUT2D eigenvalue weighted by molar-refractivity contribution is 0.0949. The van der Waals surface area contributed by atoms with Crippen molar-refractivity contribution in [2.45, 2.75) is 40.3 Å². The first-order valence-electron chi connectivity index (χ1n) is 7.81. The molecule has 6 nitrogen and oxygen atoms in total. The molecule has 1 aliphatic heterocycles. The number of nitrogens with one attached hydrogen (secondary N) is 2. The summed E-state index contributed by atoms with van der Waals surface area (Å²) in [5, 5.41) is 6.28. The van der Waals surface area contributed by atoms with E-state index in [0.717, 1.165) is 53.4 Å². The van der Waals surface area contributed by atoms with Gasteiger partial charge >= 0.3 is 0 Å². The molecule has 0 saturated carbocycles. The van der Waals surface area contributed by atoms with Crippen LogP contribution in [0.5, 0.6) is 0 Å². The Morgan fingerprint density at radius 1 is 1.22 bits per heavy atom. The van der Waals surface area contributed by atoms with Gasteiger partial charge in [0.25, 0.3) is 5.91 Å². The Morgan fingerprint density at radius 3 is 2.70 bits per heavy atom. The van der Waals surface area contributed by atoms with E-state index < -0.39 is 0 Å². The molecule has 1 aliphatic rings. The number of amides is 1. The monoisotopic (exact) mass is 311 g/mol. The minimum absolute atomic E-state index is 0.0874. The summed E-state index contributed by atoms with van der Waals surface area (Å²) in [4.78, 5) is 25.5. The van der Waals surface area contributed by atoms with Gasteiger partial charge in [-0.05, 0) is 44.9 Å². The molecule has 1 amide bonds. The molecule has 2 aromatic heterocycles. The third kappa shape index (κ3) is 3.22. The van der Waals surface area contributed by atoms with E-state index in [0.29, 0.717) is 12.1 Å². The molecule has 0 atom stereocenters. The first-order valence-corrected chi connectivity index (χ1v) is 7.81. The molecular weight excluding hydrogens is 290 g/mol. The van der Waals surface area contributed by atoms with Gasteiger partial charge in [-0.15, -0.1) is 0 Å². The van der Waals surface area contributed by atoms with Crippen LogP contribution in [0.15, 0.2) is 12.4 Å². The molecule has 3 rings (SSSR count). The van der Waals surface area contributed by atoms with Crippen LogP contribution in [-0.2, 0) is 19.5 Å². The second kappa shape index (κ2) is 6.42. The molecular formula is C17H21N5O. The van der Waals surface area contributed by atoms with Crippen LogP contribution in [0.25, 0.3) is 0 Å². The third-order valence-electron chi connectivity index (χ3n) is 4.22. The SMILES string of the molecule is Cc1nc(C)c(CNC(=O)c2cncc3c2CCNC3)c(C)n1. The Morgan fingerprint density at radius 2 is 1.96 bits per heavy atom. The van der Waals surface area contributed by atoms with Gasteiger partial charge in [-0.2, -0.15) is 0 Å². The van der Waals surface area contributed by atoms with Gasteiger partial charge in [0, 0.05) is 42.4 Å². The molecule has 0 fully saturated rings. The van der Waals surface area contributed by atoms with Gasteiger partial charge in [-0.3, -0.25) is 9.78 Å². The number of fused-ring (bicyclic) bond motifs is 1. The average Bonchev–Trinajstić information content (AvgIpc) is 2.53. The van der Waals surface area contributed by atoms with Gasteiger partial charge in [0.05, 0.1) is 5.56 Å². The van der Waals surface area contributed by atoms with E-state index in [2.05, 4.69) is 25.6 Å². The number of aromatic nitrogens is 3. The fourth-order valence-electron chi connectivity index (χ4n) is 3.04. The summed E-state index contributed by atoms with van der Waals surface area (Å²) in [5.41, 5.74) is 5.68. The normalized spacial score (nSPS) is 13.5. The Bertz CT molecular complexity index is 734. The molecule has 3 heterocycles. The van der Waals surface area contributed by atoms with Crippen LogP contribution in [0.1, 0.15) is 44.3 Å². The van der Waals surface area contributed by atoms with Crippen molar-refractivity contribution in [3.05, 3.63) is 51.9 Å². The van der Waals surface area contributed by atoms with E-state index in [-0.39, 0.29) is 5.91 Å². The van der Waals surface area contributed by atoms with Gasteiger partial charge in [0.1, 0.15) is 5.82 Å². The predicted octanol–water partition coefficient (Wildman–Crippen LogP) is 1.37. The molecule has 0 saturated heterocycles. The van der Waals surface area contributed by atoms with Gasteiger partial charge < -0.3 is 10.6 Å². The maximum absolute atomic E-state index is 12.6. The number of pyridine rings is 1. The Hall–Kier alpha value is -2.34. The first kappa shape index (κ1) is 15.6. The lowest BCUT2D eigenvalue weighted by atomic mass is 9.98. The van der Waals surface area contributed by atoms with Crippen molar-refractivity contribution in [2.75, 3.05) is 6.54 Å². The fraction of sp³-hybridized carbons (Fsp3) is 0.412. The van der Waals surface area contributed by atoms with Crippen molar-refractivity contribution in [3.63, 3.8) is 0 Å². The Balaban J connectivity index is 1.79. The van der Waals surface area contributed by atoms with Crippen LogP contribution in [0.4, 0.5) is 0 Å². The second-order valence-corrected chi connectivity index (χ2v) is 5.85. The van der Waals surface area contributed by atoms with E-state index in [1.807, 2.05) is 27.0 Å². The smallest absolute Gasteiger partial charge is 0.253 e. The number of carbonyl (C=O) groups is 1. The summed E-state index contributed by atoms with van der Waals surface area (Å²) in [6.07, 6.45) is 4.34. The van der Waals surface area contributed by atoms with Crippen LogP contribution < -0.4 is 10.6 Å². The molecule has 0 aromatic carbocycles. The quantitative estimate of drug-likeness (QED) is 0.895. The minimum atomic E-state index is -0.0874. The summed E-state index contributed by atoms with van der Waals surface area (Å²) < 4.78 is 0. The zero-order chi connectivity index (χ0) is 16.4. The molecule has 0 bridgehead atoms. The summed E-state index contributed by atoms with van der Waals surface area (Å²) >= 11 is 0. The highest BCUT2D eigenvalue weighted by molar-refractivity contribution is 5.95. The van der Waals surface area contributed by atoms with E-state index in [9.17, 15) is 4.79 Å². The standard InChI is InChI=1S/C17H21N5O/c1-10-15(11(2)22-12(3)21-10)9-20-17(23)16-8-19-7-13-6-18-5-4-14(13)16/h7-8,18H,4-6,9H2,1-3H3,(H,20,23). The molecule has 0 unspecified atom stereocenters. The number of carbonyl (C=O) groups excluding carboxylic acids is 1. The van der Waals surface area contributed by atoms with Crippen molar-refractivity contribution in [2.24, 2.45) is 0 Å².